The molecular formula is C8H16N4O2. The highest BCUT2D eigenvalue weighted by atomic mass is 16.6. The number of hydrogen-bond acceptors (Lipinski definition) is 6. The van der Waals surface area contributed by atoms with E-state index in [9.17, 15) is 10.4 Å². The summed E-state index contributed by atoms with van der Waals surface area (Å²) in [6.45, 7) is 6.81. The first kappa shape index (κ1) is 11.1. The van der Waals surface area contributed by atoms with E-state index in [1.807, 2.05) is 0 Å². The summed E-state index contributed by atoms with van der Waals surface area (Å²) in [6, 6.07) is 0. The van der Waals surface area contributed by atoms with Crippen LogP contribution in [0.15, 0.2) is 17.0 Å². The van der Waals surface area contributed by atoms with E-state index in [-0.39, 0.29) is 0 Å². The molecule has 0 saturated carbocycles. The van der Waals surface area contributed by atoms with Gasteiger partial charge in [-0.2, -0.15) is 10.2 Å². The van der Waals surface area contributed by atoms with Crippen molar-refractivity contribution >= 4 is 0 Å². The molecule has 1 rings (SSSR count). The Morgan fingerprint density at radius 2 is 1.79 bits per heavy atom. The van der Waals surface area contributed by atoms with Crippen LogP contribution in [0.3, 0.4) is 0 Å². The Labute approximate surface area is 82.9 Å². The second kappa shape index (κ2) is 3.01. The van der Waals surface area contributed by atoms with Gasteiger partial charge in [-0.15, -0.1) is 0 Å². The van der Waals surface area contributed by atoms with E-state index in [0.29, 0.717) is 5.70 Å². The fraction of sp³-hybridized carbons (Fsp3) is 0.750. The lowest BCUT2D eigenvalue weighted by atomic mass is 10.0. The van der Waals surface area contributed by atoms with Crippen molar-refractivity contribution in [2.45, 2.75) is 38.9 Å². The highest BCUT2D eigenvalue weighted by molar-refractivity contribution is 5.21. The third-order valence-corrected chi connectivity index (χ3v) is 2.61. The first-order valence-corrected chi connectivity index (χ1v) is 4.31. The van der Waals surface area contributed by atoms with Crippen LogP contribution in [-0.4, -0.2) is 31.7 Å². The molecule has 0 atom stereocenters. The fourth-order valence-electron chi connectivity index (χ4n) is 1.71. The fourth-order valence-corrected chi connectivity index (χ4v) is 1.71. The average molecular weight is 200 g/mol. The van der Waals surface area contributed by atoms with Gasteiger partial charge in [0.05, 0.1) is 17.4 Å². The number of nitrogens with one attached hydrogen (secondary N) is 1. The molecule has 0 aromatic carbocycles. The van der Waals surface area contributed by atoms with Gasteiger partial charge in [-0.1, -0.05) is 0 Å². The van der Waals surface area contributed by atoms with Crippen LogP contribution in [0.4, 0.5) is 0 Å². The molecular weight excluding hydrogens is 184 g/mol. The lowest BCUT2D eigenvalue weighted by Gasteiger charge is -2.33. The third kappa shape index (κ3) is 1.23. The van der Waals surface area contributed by atoms with Crippen LogP contribution in [0.5, 0.6) is 0 Å². The second-order valence-corrected chi connectivity index (χ2v) is 4.32. The van der Waals surface area contributed by atoms with Gasteiger partial charge < -0.3 is 5.21 Å². The van der Waals surface area contributed by atoms with E-state index in [4.69, 9.17) is 5.53 Å². The predicted octanol–water partition coefficient (Wildman–Crippen LogP) is 1.77. The van der Waals surface area contributed by atoms with Crippen LogP contribution < -0.4 is 0 Å². The Balaban J connectivity index is 3.23. The minimum absolute atomic E-state index is 0.389. The molecule has 80 valence electrons. The topological polar surface area (TPSA) is 83.2 Å². The zero-order valence-corrected chi connectivity index (χ0v) is 8.81. The quantitative estimate of drug-likeness (QED) is 0.563. The molecule has 1 aliphatic rings. The molecule has 0 bridgehead atoms. The molecule has 6 nitrogen and oxygen atoms in total. The van der Waals surface area contributed by atoms with E-state index in [1.165, 1.54) is 6.20 Å². The molecule has 1 fully saturated rings. The molecule has 0 aliphatic carbocycles. The molecule has 14 heavy (non-hydrogen) atoms. The van der Waals surface area contributed by atoms with Crippen molar-refractivity contribution in [2.75, 3.05) is 0 Å². The van der Waals surface area contributed by atoms with Crippen molar-refractivity contribution in [2.24, 2.45) is 5.11 Å². The van der Waals surface area contributed by atoms with Gasteiger partial charge in [0.1, 0.15) is 5.66 Å². The maximum Gasteiger partial charge on any atom is 0.136 e. The van der Waals surface area contributed by atoms with Gasteiger partial charge in [0.25, 0.3) is 0 Å². The maximum atomic E-state index is 9.84. The van der Waals surface area contributed by atoms with Gasteiger partial charge in [-0.05, 0) is 27.7 Å². The predicted molar refractivity (Wildman–Crippen MR) is 48.6 cm³/mol. The summed E-state index contributed by atoms with van der Waals surface area (Å²) in [5.74, 6) is 0. The van der Waals surface area contributed by atoms with E-state index >= 15 is 0 Å². The van der Waals surface area contributed by atoms with Crippen LogP contribution in [-0.2, 0) is 0 Å². The Morgan fingerprint density at radius 1 is 1.29 bits per heavy atom. The molecule has 0 spiro atoms. The normalized spacial score (nSPS) is 28.4. The highest BCUT2D eigenvalue weighted by Crippen LogP contribution is 2.41. The monoisotopic (exact) mass is 200 g/mol. The number of hydrogen-bond donors (Lipinski definition) is 3. The van der Waals surface area contributed by atoms with E-state index in [1.54, 1.807) is 27.7 Å². The van der Waals surface area contributed by atoms with Crippen molar-refractivity contribution in [1.29, 1.82) is 5.53 Å². The molecule has 0 aromatic heterocycles. The van der Waals surface area contributed by atoms with E-state index < -0.39 is 11.2 Å². The first-order valence-electron chi connectivity index (χ1n) is 4.31. The van der Waals surface area contributed by atoms with Crippen LogP contribution in [0, 0.1) is 5.53 Å². The summed E-state index contributed by atoms with van der Waals surface area (Å²) in [6.07, 6.45) is 1.22. The molecule has 0 unspecified atom stereocenters. The Bertz CT molecular complexity index is 285. The van der Waals surface area contributed by atoms with E-state index in [0.717, 1.165) is 10.1 Å². The largest absolute Gasteiger partial charge is 0.311 e. The van der Waals surface area contributed by atoms with Crippen molar-refractivity contribution in [3.63, 3.8) is 0 Å². The maximum absolute atomic E-state index is 9.84. The first-order chi connectivity index (χ1) is 6.26. The third-order valence-electron chi connectivity index (χ3n) is 2.61. The lowest BCUT2D eigenvalue weighted by Crippen LogP contribution is -2.49. The number of hydroxylamine groups is 4. The van der Waals surface area contributed by atoms with Crippen LogP contribution in [0.2, 0.25) is 0 Å². The molecule has 0 aromatic rings. The van der Waals surface area contributed by atoms with Crippen molar-refractivity contribution < 1.29 is 10.4 Å². The Kier molecular flexibility index (Phi) is 2.39. The minimum atomic E-state index is -0.917. The van der Waals surface area contributed by atoms with Gasteiger partial charge >= 0.3 is 0 Å². The summed E-state index contributed by atoms with van der Waals surface area (Å²) in [4.78, 5) is 0. The molecule has 0 amide bonds. The summed E-state index contributed by atoms with van der Waals surface area (Å²) in [5.41, 5.74) is 5.45. The molecule has 3 N–H and O–H groups in total. The van der Waals surface area contributed by atoms with Crippen LogP contribution in [0.1, 0.15) is 27.7 Å². The molecule has 1 saturated heterocycles. The number of rotatable bonds is 1. The van der Waals surface area contributed by atoms with Crippen molar-refractivity contribution in [3.8, 4) is 0 Å². The second-order valence-electron chi connectivity index (χ2n) is 4.32. The highest BCUT2D eigenvalue weighted by Gasteiger charge is 2.53. The zero-order chi connectivity index (χ0) is 11.1. The zero-order valence-electron chi connectivity index (χ0n) is 8.81. The van der Waals surface area contributed by atoms with Crippen LogP contribution >= 0.6 is 0 Å². The van der Waals surface area contributed by atoms with Crippen LogP contribution in [0.25, 0.3) is 0 Å². The molecule has 1 aliphatic heterocycles. The minimum Gasteiger partial charge on any atom is -0.311 e. The smallest absolute Gasteiger partial charge is 0.136 e. The van der Waals surface area contributed by atoms with Gasteiger partial charge in [-0.25, -0.2) is 10.6 Å². The molecule has 1 heterocycles. The lowest BCUT2D eigenvalue weighted by molar-refractivity contribution is -0.255. The van der Waals surface area contributed by atoms with E-state index in [2.05, 4.69) is 5.11 Å². The Hall–Kier alpha value is -0.980. The summed E-state index contributed by atoms with van der Waals surface area (Å²) in [5, 5.41) is 24.7. The SMILES string of the molecule is CC1(C)/C(=C\N=N)N(O)C(C)(C)N1O. The average Bonchev–Trinajstić information content (AvgIpc) is 2.19. The Morgan fingerprint density at radius 3 is 2.07 bits per heavy atom. The molecule has 0 radical (unpaired) electrons. The van der Waals surface area contributed by atoms with Crippen molar-refractivity contribution in [1.82, 2.24) is 10.1 Å². The van der Waals surface area contributed by atoms with Gasteiger partial charge in [-0.3, -0.25) is 5.21 Å². The summed E-state index contributed by atoms with van der Waals surface area (Å²) < 4.78 is 0. The van der Waals surface area contributed by atoms with Crippen molar-refractivity contribution in [3.05, 3.63) is 11.9 Å². The van der Waals surface area contributed by atoms with Gasteiger partial charge in [0.2, 0.25) is 0 Å². The molecule has 6 heteroatoms. The standard InChI is InChI=1S/C8H16N4O2/c1-7(2)6(5-10-9)11(13)8(3,4)12(7)14/h5,9,13-14H,1-4H3/b6-5+,10-9?. The summed E-state index contributed by atoms with van der Waals surface area (Å²) >= 11 is 0. The summed E-state index contributed by atoms with van der Waals surface area (Å²) in [7, 11) is 0. The van der Waals surface area contributed by atoms with Gasteiger partial charge in [0, 0.05) is 0 Å². The van der Waals surface area contributed by atoms with Gasteiger partial charge in [0.15, 0.2) is 0 Å². The number of nitrogens with zero attached hydrogens (tertiary/aromatic N) is 3.